The minimum atomic E-state index is -2.73. The molecule has 10 heteroatoms. The van der Waals surface area contributed by atoms with Gasteiger partial charge in [-0.1, -0.05) is 0 Å². The van der Waals surface area contributed by atoms with E-state index in [0.717, 1.165) is 6.20 Å². The van der Waals surface area contributed by atoms with E-state index < -0.39 is 18.5 Å². The number of ether oxygens (including phenoxy) is 1. The van der Waals surface area contributed by atoms with Crippen LogP contribution in [0.2, 0.25) is 0 Å². The molecule has 1 aromatic heterocycles. The number of halogens is 2. The summed E-state index contributed by atoms with van der Waals surface area (Å²) in [5, 5.41) is 5.09. The summed E-state index contributed by atoms with van der Waals surface area (Å²) in [7, 11) is 4.78. The Kier molecular flexibility index (Phi) is 6.10. The van der Waals surface area contributed by atoms with Crippen molar-refractivity contribution in [3.8, 4) is 0 Å². The van der Waals surface area contributed by atoms with Gasteiger partial charge < -0.3 is 20.3 Å². The van der Waals surface area contributed by atoms with Crippen LogP contribution in [0.3, 0.4) is 0 Å². The number of anilines is 2. The third-order valence-corrected chi connectivity index (χ3v) is 3.52. The van der Waals surface area contributed by atoms with E-state index in [0.29, 0.717) is 21.5 Å². The third kappa shape index (κ3) is 4.47. The van der Waals surface area contributed by atoms with Crippen molar-refractivity contribution < 1.29 is 23.1 Å². The van der Waals surface area contributed by atoms with Gasteiger partial charge >= 0.3 is 18.5 Å². The first kappa shape index (κ1) is 19.2. The number of esters is 1. The molecule has 0 aliphatic heterocycles. The Morgan fingerprint density at radius 3 is 2.69 bits per heavy atom. The Morgan fingerprint density at radius 1 is 1.35 bits per heavy atom. The van der Waals surface area contributed by atoms with Gasteiger partial charge in [0.25, 0.3) is 0 Å². The van der Waals surface area contributed by atoms with Crippen LogP contribution in [0.5, 0.6) is 0 Å². The van der Waals surface area contributed by atoms with Gasteiger partial charge in [-0.15, -0.1) is 0 Å². The van der Waals surface area contributed by atoms with Crippen LogP contribution >= 0.6 is 0 Å². The summed E-state index contributed by atoms with van der Waals surface area (Å²) >= 11 is 0. The largest absolute Gasteiger partial charge is 0.465 e. The third-order valence-electron chi connectivity index (χ3n) is 3.52. The number of nitrogens with one attached hydrogen (secondary N) is 2. The average molecular weight is 367 g/mol. The highest BCUT2D eigenvalue weighted by molar-refractivity contribution is 5.96. The van der Waals surface area contributed by atoms with E-state index in [4.69, 9.17) is 0 Å². The number of alkyl halides is 2. The molecule has 0 bridgehead atoms. The predicted octanol–water partition coefficient (Wildman–Crippen LogP) is 2.45. The van der Waals surface area contributed by atoms with Crippen LogP contribution in [0.15, 0.2) is 30.6 Å². The van der Waals surface area contributed by atoms with Crippen molar-refractivity contribution in [3.63, 3.8) is 0 Å². The Balaban J connectivity index is 2.08. The summed E-state index contributed by atoms with van der Waals surface area (Å²) in [5.41, 5.74) is 1.36. The summed E-state index contributed by atoms with van der Waals surface area (Å²) in [5.74, 6) is -0.466. The van der Waals surface area contributed by atoms with Crippen LogP contribution in [0.4, 0.5) is 25.0 Å². The first-order valence-corrected chi connectivity index (χ1v) is 7.58. The van der Waals surface area contributed by atoms with E-state index in [1.54, 1.807) is 31.1 Å². The SMILES string of the molecule is COC(=O)c1ccc(NC(=O)NCc2nccn2C(F)F)c(N(C)C)c1. The number of carbonyl (C=O) groups is 2. The molecule has 2 rings (SSSR count). The highest BCUT2D eigenvalue weighted by atomic mass is 19.3. The lowest BCUT2D eigenvalue weighted by Gasteiger charge is -2.19. The molecule has 2 N–H and O–H groups in total. The summed E-state index contributed by atoms with van der Waals surface area (Å²) in [6.07, 6.45) is 2.37. The zero-order valence-corrected chi connectivity index (χ0v) is 14.5. The summed E-state index contributed by atoms with van der Waals surface area (Å²) in [6.45, 7) is -2.90. The number of imidazole rings is 1. The quantitative estimate of drug-likeness (QED) is 0.766. The normalized spacial score (nSPS) is 10.5. The first-order valence-electron chi connectivity index (χ1n) is 7.58. The fraction of sp³-hybridized carbons (Fsp3) is 0.312. The maximum Gasteiger partial charge on any atom is 0.337 e. The lowest BCUT2D eigenvalue weighted by molar-refractivity contribution is 0.0600. The van der Waals surface area contributed by atoms with Gasteiger partial charge in [0, 0.05) is 26.5 Å². The van der Waals surface area contributed by atoms with Gasteiger partial charge in [0.1, 0.15) is 5.82 Å². The molecule has 8 nitrogen and oxygen atoms in total. The van der Waals surface area contributed by atoms with Crippen LogP contribution in [0, 0.1) is 0 Å². The number of nitrogens with zero attached hydrogens (tertiary/aromatic N) is 3. The highest BCUT2D eigenvalue weighted by Crippen LogP contribution is 2.26. The molecule has 2 amide bonds. The van der Waals surface area contributed by atoms with E-state index in [1.165, 1.54) is 19.4 Å². The molecule has 1 aromatic carbocycles. The molecule has 0 unspecified atom stereocenters. The van der Waals surface area contributed by atoms with E-state index in [9.17, 15) is 18.4 Å². The van der Waals surface area contributed by atoms with E-state index in [2.05, 4.69) is 20.4 Å². The van der Waals surface area contributed by atoms with E-state index >= 15 is 0 Å². The molecule has 1 heterocycles. The number of amides is 2. The number of hydrogen-bond acceptors (Lipinski definition) is 5. The zero-order valence-electron chi connectivity index (χ0n) is 14.5. The molecular formula is C16H19F2N5O3. The van der Waals surface area contributed by atoms with Crippen LogP contribution in [0.1, 0.15) is 22.7 Å². The topological polar surface area (TPSA) is 88.5 Å². The van der Waals surface area contributed by atoms with Crippen LogP contribution < -0.4 is 15.5 Å². The van der Waals surface area contributed by atoms with Crippen molar-refractivity contribution in [1.82, 2.24) is 14.9 Å². The zero-order chi connectivity index (χ0) is 19.3. The lowest BCUT2D eigenvalue weighted by atomic mass is 10.1. The van der Waals surface area contributed by atoms with Crippen LogP contribution in [-0.2, 0) is 11.3 Å². The number of urea groups is 1. The van der Waals surface area contributed by atoms with E-state index in [1.807, 2.05) is 0 Å². The lowest BCUT2D eigenvalue weighted by Crippen LogP contribution is -2.30. The molecule has 26 heavy (non-hydrogen) atoms. The monoisotopic (exact) mass is 367 g/mol. The molecule has 2 aromatic rings. The molecule has 140 valence electrons. The minimum absolute atomic E-state index is 0.0315. The van der Waals surface area contributed by atoms with Gasteiger partial charge in [0.15, 0.2) is 0 Å². The van der Waals surface area contributed by atoms with Crippen molar-refractivity contribution in [2.24, 2.45) is 0 Å². The van der Waals surface area contributed by atoms with Crippen molar-refractivity contribution in [2.75, 3.05) is 31.4 Å². The molecule has 0 fully saturated rings. The smallest absolute Gasteiger partial charge is 0.337 e. The molecular weight excluding hydrogens is 348 g/mol. The van der Waals surface area contributed by atoms with Crippen molar-refractivity contribution in [1.29, 1.82) is 0 Å². The molecule has 0 aliphatic carbocycles. The molecule has 0 aliphatic rings. The van der Waals surface area contributed by atoms with E-state index in [-0.39, 0.29) is 12.4 Å². The minimum Gasteiger partial charge on any atom is -0.465 e. The Morgan fingerprint density at radius 2 is 2.08 bits per heavy atom. The second-order valence-electron chi connectivity index (χ2n) is 5.45. The number of aromatic nitrogens is 2. The fourth-order valence-electron chi connectivity index (χ4n) is 2.24. The molecule has 0 radical (unpaired) electrons. The molecule has 0 spiro atoms. The van der Waals surface area contributed by atoms with Crippen molar-refractivity contribution in [3.05, 3.63) is 42.0 Å². The molecule has 0 atom stereocenters. The van der Waals surface area contributed by atoms with Gasteiger partial charge in [-0.3, -0.25) is 4.57 Å². The van der Waals surface area contributed by atoms with Crippen molar-refractivity contribution >= 4 is 23.4 Å². The van der Waals surface area contributed by atoms with Crippen LogP contribution in [0.25, 0.3) is 0 Å². The predicted molar refractivity (Wildman–Crippen MR) is 91.4 cm³/mol. The van der Waals surface area contributed by atoms with Crippen LogP contribution in [-0.4, -0.2) is 42.8 Å². The van der Waals surface area contributed by atoms with Gasteiger partial charge in [-0.05, 0) is 18.2 Å². The van der Waals surface area contributed by atoms with Gasteiger partial charge in [0.2, 0.25) is 0 Å². The number of carbonyl (C=O) groups excluding carboxylic acids is 2. The number of methoxy groups -OCH3 is 1. The van der Waals surface area contributed by atoms with Gasteiger partial charge in [-0.2, -0.15) is 8.78 Å². The number of benzene rings is 1. The summed E-state index contributed by atoms with van der Waals surface area (Å²) < 4.78 is 30.9. The number of hydrogen-bond donors (Lipinski definition) is 2. The summed E-state index contributed by atoms with van der Waals surface area (Å²) in [4.78, 5) is 29.2. The average Bonchev–Trinajstić information content (AvgIpc) is 3.08. The standard InChI is InChI=1S/C16H19F2N5O3/c1-22(2)12-8-10(14(24)26-3)4-5-11(12)21-16(25)20-9-13-19-6-7-23(13)15(17)18/h4-8,15H,9H2,1-3H3,(H2,20,21,25). The Hall–Kier alpha value is -3.17. The fourth-order valence-corrected chi connectivity index (χ4v) is 2.24. The van der Waals surface area contributed by atoms with Crippen molar-refractivity contribution in [2.45, 2.75) is 13.1 Å². The first-order chi connectivity index (χ1) is 12.3. The maximum atomic E-state index is 12.8. The molecule has 0 saturated heterocycles. The second-order valence-corrected chi connectivity index (χ2v) is 5.45. The molecule has 0 saturated carbocycles. The Labute approximate surface area is 148 Å². The number of rotatable bonds is 6. The van der Waals surface area contributed by atoms with Gasteiger partial charge in [0.05, 0.1) is 30.6 Å². The second kappa shape index (κ2) is 8.28. The summed E-state index contributed by atoms with van der Waals surface area (Å²) in [6, 6.07) is 4.05. The van der Waals surface area contributed by atoms with Gasteiger partial charge in [-0.25, -0.2) is 14.6 Å². The highest BCUT2D eigenvalue weighted by Gasteiger charge is 2.15. The Bertz CT molecular complexity index is 792. The maximum absolute atomic E-state index is 12.8.